The highest BCUT2D eigenvalue weighted by molar-refractivity contribution is 7.47. The number of phosphoric acid groups is 1. The second kappa shape index (κ2) is 61.0. The summed E-state index contributed by atoms with van der Waals surface area (Å²) in [5, 5.41) is 9.85. The van der Waals surface area contributed by atoms with Crippen LogP contribution in [-0.4, -0.2) is 66.5 Å². The smallest absolute Gasteiger partial charge is 0.462 e. The molecule has 0 aromatic carbocycles. The molecule has 2 N–H and O–H groups in total. The van der Waals surface area contributed by atoms with E-state index in [4.69, 9.17) is 23.3 Å². The van der Waals surface area contributed by atoms with Crippen molar-refractivity contribution in [2.24, 2.45) is 0 Å². The van der Waals surface area contributed by atoms with E-state index < -0.39 is 57.8 Å². The molecule has 3 atom stereocenters. The van der Waals surface area contributed by atoms with Gasteiger partial charge in [-0.2, -0.15) is 0 Å². The molecular weight excluding hydrogens is 1020 g/mol. The van der Waals surface area contributed by atoms with Crippen LogP contribution in [0.2, 0.25) is 0 Å². The first-order valence-electron chi connectivity index (χ1n) is 31.4. The van der Waals surface area contributed by atoms with Crippen LogP contribution >= 0.6 is 7.82 Å². The Labute approximate surface area is 487 Å². The number of unbranched alkanes of at least 4 members (excludes halogenated alkanes) is 20. The molecule has 80 heavy (non-hydrogen) atoms. The molecule has 0 saturated heterocycles. The molecule has 0 aliphatic heterocycles. The summed E-state index contributed by atoms with van der Waals surface area (Å²) < 4.78 is 39.6. The maximum absolute atomic E-state index is 13.0. The van der Waals surface area contributed by atoms with E-state index in [-0.39, 0.29) is 25.9 Å². The summed E-state index contributed by atoms with van der Waals surface area (Å²) in [5.74, 6) is -1.52. The summed E-state index contributed by atoms with van der Waals surface area (Å²) in [4.78, 5) is 48.7. The van der Waals surface area contributed by atoms with Crippen molar-refractivity contribution in [3.8, 4) is 0 Å². The topological polar surface area (TPSA) is 155 Å². The van der Waals surface area contributed by atoms with Crippen LogP contribution in [0.5, 0.6) is 0 Å². The minimum atomic E-state index is -4.77. The van der Waals surface area contributed by atoms with Crippen LogP contribution in [-0.2, 0) is 42.2 Å². The van der Waals surface area contributed by atoms with Gasteiger partial charge in [0.25, 0.3) is 0 Å². The van der Waals surface area contributed by atoms with Crippen molar-refractivity contribution in [3.05, 3.63) is 122 Å². The second-order valence-electron chi connectivity index (χ2n) is 20.5. The van der Waals surface area contributed by atoms with Gasteiger partial charge in [0, 0.05) is 19.3 Å². The van der Waals surface area contributed by atoms with Gasteiger partial charge in [0.1, 0.15) is 12.7 Å². The van der Waals surface area contributed by atoms with Crippen LogP contribution in [0.3, 0.4) is 0 Å². The Hall–Kier alpha value is -4.12. The lowest BCUT2D eigenvalue weighted by Gasteiger charge is -2.21. The molecule has 0 aromatic heterocycles. The van der Waals surface area contributed by atoms with E-state index in [0.29, 0.717) is 19.3 Å². The van der Waals surface area contributed by atoms with Crippen molar-refractivity contribution in [3.63, 3.8) is 0 Å². The first-order chi connectivity index (χ1) is 39.2. The predicted octanol–water partition coefficient (Wildman–Crippen LogP) is 19.1. The zero-order chi connectivity index (χ0) is 58.3. The highest BCUT2D eigenvalue weighted by atomic mass is 31.2. The van der Waals surface area contributed by atoms with Gasteiger partial charge in [0.05, 0.1) is 19.8 Å². The van der Waals surface area contributed by atoms with E-state index >= 15 is 0 Å². The number of hydrogen-bond donors (Lipinski definition) is 2. The zero-order valence-electron chi connectivity index (χ0n) is 50.5. The van der Waals surface area contributed by atoms with Gasteiger partial charge in [-0.15, -0.1) is 0 Å². The second-order valence-corrected chi connectivity index (χ2v) is 21.9. The van der Waals surface area contributed by atoms with E-state index in [0.717, 1.165) is 167 Å². The molecule has 3 unspecified atom stereocenters. The number of ether oxygens (including phenoxy) is 3. The zero-order valence-corrected chi connectivity index (χ0v) is 51.4. The standard InChI is InChI=1S/C68H113O11P/c1-4-7-10-13-16-19-22-25-28-30-32-34-37-40-43-46-49-52-55-58-67(71)78-64(60-69)62-76-80(73,74)77-63-65(61-75-66(70)57-54-51-48-45-42-39-36-27-24-21-18-15-12-9-6-3)79-68(72)59-56-53-50-47-44-41-38-35-33-31-29-26-23-20-17-14-11-8-5-2/h8-9,11-12,16-21,25-29,32-36,64-65,69H,4-7,10,13-15,22-24,30-31,37-63H2,1-3H3,(H,73,74)/b11-8-,12-9-,19-16-,20-17-,21-18-,28-25-,29-26-,34-32-,35-33-,36-27-. The summed E-state index contributed by atoms with van der Waals surface area (Å²) in [7, 11) is -4.77. The molecular formula is C68H113O11P. The highest BCUT2D eigenvalue weighted by Crippen LogP contribution is 2.43. The lowest BCUT2D eigenvalue weighted by atomic mass is 10.1. The molecule has 12 heteroatoms. The Bertz CT molecular complexity index is 1800. The van der Waals surface area contributed by atoms with Crippen LogP contribution in [0.15, 0.2) is 122 Å². The highest BCUT2D eigenvalue weighted by Gasteiger charge is 2.28. The Morgan fingerprint density at radius 2 is 0.650 bits per heavy atom. The molecule has 0 rings (SSSR count). The fourth-order valence-electron chi connectivity index (χ4n) is 8.13. The molecule has 0 saturated carbocycles. The maximum atomic E-state index is 13.0. The van der Waals surface area contributed by atoms with E-state index in [9.17, 15) is 28.9 Å². The first-order valence-corrected chi connectivity index (χ1v) is 32.9. The number of rotatable bonds is 57. The quantitative estimate of drug-likeness (QED) is 0.0197. The number of carbonyl (C=O) groups excluding carboxylic acids is 3. The summed E-state index contributed by atoms with van der Waals surface area (Å²) in [5.41, 5.74) is 0. The third kappa shape index (κ3) is 58.5. The number of phosphoric ester groups is 1. The molecule has 11 nitrogen and oxygen atoms in total. The van der Waals surface area contributed by atoms with Crippen LogP contribution in [0.4, 0.5) is 0 Å². The number of esters is 3. The number of carbonyl (C=O) groups is 3. The van der Waals surface area contributed by atoms with E-state index in [1.54, 1.807) is 0 Å². The van der Waals surface area contributed by atoms with Gasteiger partial charge in [0.15, 0.2) is 6.10 Å². The van der Waals surface area contributed by atoms with Crippen molar-refractivity contribution in [2.75, 3.05) is 26.4 Å². The van der Waals surface area contributed by atoms with Gasteiger partial charge < -0.3 is 24.2 Å². The SMILES string of the molecule is CC/C=C\C/C=C\C/C=C\C/C=C\CCCCCCCCC(=O)OC(COC(=O)CCCCCCC/C=C\C/C=C\C/C=C\CC)COP(=O)(O)OCC(CO)OC(=O)CCCCCCCC/C=C\C/C=C\C/C=C\CCCCC. The first kappa shape index (κ1) is 75.9. The molecule has 456 valence electrons. The van der Waals surface area contributed by atoms with Crippen LogP contribution in [0.25, 0.3) is 0 Å². The van der Waals surface area contributed by atoms with E-state index in [1.807, 2.05) is 0 Å². The molecule has 0 bridgehead atoms. The number of aliphatic hydroxyl groups is 1. The molecule has 0 radical (unpaired) electrons. The van der Waals surface area contributed by atoms with Crippen LogP contribution < -0.4 is 0 Å². The maximum Gasteiger partial charge on any atom is 0.472 e. The lowest BCUT2D eigenvalue weighted by Crippen LogP contribution is -2.30. The van der Waals surface area contributed by atoms with Gasteiger partial charge >= 0.3 is 25.7 Å². The van der Waals surface area contributed by atoms with E-state index in [1.165, 1.54) is 25.7 Å². The van der Waals surface area contributed by atoms with Crippen LogP contribution in [0.1, 0.15) is 252 Å². The van der Waals surface area contributed by atoms with Gasteiger partial charge in [-0.25, -0.2) is 4.57 Å². The summed E-state index contributed by atoms with van der Waals surface area (Å²) in [6.07, 6.45) is 75.7. The van der Waals surface area contributed by atoms with Gasteiger partial charge in [0.2, 0.25) is 0 Å². The van der Waals surface area contributed by atoms with Crippen molar-refractivity contribution in [1.29, 1.82) is 0 Å². The minimum Gasteiger partial charge on any atom is -0.462 e. The third-order valence-corrected chi connectivity index (χ3v) is 13.8. The summed E-state index contributed by atoms with van der Waals surface area (Å²) in [6, 6.07) is 0. The number of hydrogen-bond acceptors (Lipinski definition) is 10. The molecule has 0 aromatic rings. The van der Waals surface area contributed by atoms with E-state index in [2.05, 4.69) is 142 Å². The average molecular weight is 1140 g/mol. The Morgan fingerprint density at radius 1 is 0.362 bits per heavy atom. The minimum absolute atomic E-state index is 0.140. The normalized spacial score (nSPS) is 14.1. The Balaban J connectivity index is 4.76. The molecule has 0 heterocycles. The third-order valence-electron chi connectivity index (χ3n) is 12.8. The van der Waals surface area contributed by atoms with Crippen molar-refractivity contribution in [1.82, 2.24) is 0 Å². The van der Waals surface area contributed by atoms with Crippen molar-refractivity contribution in [2.45, 2.75) is 264 Å². The van der Waals surface area contributed by atoms with Crippen molar-refractivity contribution >= 4 is 25.7 Å². The lowest BCUT2D eigenvalue weighted by molar-refractivity contribution is -0.161. The fraction of sp³-hybridized carbons (Fsp3) is 0.662. The van der Waals surface area contributed by atoms with Crippen LogP contribution in [0, 0.1) is 0 Å². The largest absolute Gasteiger partial charge is 0.472 e. The van der Waals surface area contributed by atoms with Gasteiger partial charge in [-0.05, 0) is 128 Å². The van der Waals surface area contributed by atoms with Gasteiger partial charge in [-0.3, -0.25) is 23.4 Å². The molecule has 0 fully saturated rings. The predicted molar refractivity (Wildman–Crippen MR) is 334 cm³/mol. The summed E-state index contributed by atoms with van der Waals surface area (Å²) >= 11 is 0. The Morgan fingerprint density at radius 3 is 1.00 bits per heavy atom. The summed E-state index contributed by atoms with van der Waals surface area (Å²) in [6.45, 7) is 4.35. The molecule has 0 aliphatic carbocycles. The molecule has 0 spiro atoms. The monoisotopic (exact) mass is 1140 g/mol. The molecule has 0 amide bonds. The fourth-order valence-corrected chi connectivity index (χ4v) is 8.92. The Kier molecular flexibility index (Phi) is 57.8. The van der Waals surface area contributed by atoms with Gasteiger partial charge in [-0.1, -0.05) is 226 Å². The van der Waals surface area contributed by atoms with Crippen molar-refractivity contribution < 1.29 is 52.2 Å². The number of allylic oxidation sites excluding steroid dienone is 20. The average Bonchev–Trinajstić information content (AvgIpc) is 3.45. The number of aliphatic hydroxyl groups excluding tert-OH is 1. The molecule has 0 aliphatic rings.